The first-order chi connectivity index (χ1) is 6.72. The second-order valence-electron chi connectivity index (χ2n) is 3.68. The number of thiophene rings is 1. The van der Waals surface area contributed by atoms with Crippen LogP contribution in [0.4, 0.5) is 0 Å². The smallest absolute Gasteiger partial charge is 0.0843 e. The molecule has 0 aliphatic heterocycles. The van der Waals surface area contributed by atoms with Crippen molar-refractivity contribution in [3.05, 3.63) is 19.2 Å². The molecule has 1 heterocycles. The van der Waals surface area contributed by atoms with E-state index in [0.29, 0.717) is 0 Å². The molecule has 2 atom stereocenters. The van der Waals surface area contributed by atoms with Crippen molar-refractivity contribution >= 4 is 43.2 Å². The average Bonchev–Trinajstić information content (AvgIpc) is 2.85. The summed E-state index contributed by atoms with van der Waals surface area (Å²) in [5.74, 6) is 1.68. The molecule has 0 amide bonds. The first-order valence-electron chi connectivity index (χ1n) is 4.87. The summed E-state index contributed by atoms with van der Waals surface area (Å²) in [5.41, 5.74) is 0. The molecule has 1 N–H and O–H groups in total. The first kappa shape index (κ1) is 11.1. The van der Waals surface area contributed by atoms with E-state index in [0.717, 1.165) is 18.4 Å². The van der Waals surface area contributed by atoms with Gasteiger partial charge in [0.25, 0.3) is 0 Å². The Labute approximate surface area is 106 Å². The Morgan fingerprint density at radius 2 is 2.36 bits per heavy atom. The molecule has 1 fully saturated rings. The predicted molar refractivity (Wildman–Crippen MR) is 69.1 cm³/mol. The van der Waals surface area contributed by atoms with Crippen LogP contribution in [0.1, 0.15) is 24.1 Å². The van der Waals surface area contributed by atoms with Crippen LogP contribution in [0.5, 0.6) is 0 Å². The third kappa shape index (κ3) is 2.40. The van der Waals surface area contributed by atoms with E-state index in [9.17, 15) is 0 Å². The van der Waals surface area contributed by atoms with Gasteiger partial charge in [0.15, 0.2) is 0 Å². The van der Waals surface area contributed by atoms with E-state index in [1.165, 1.54) is 26.1 Å². The van der Waals surface area contributed by atoms with Crippen molar-refractivity contribution in [2.45, 2.75) is 19.3 Å². The molecule has 0 bridgehead atoms. The monoisotopic (exact) mass is 337 g/mol. The van der Waals surface area contributed by atoms with Crippen LogP contribution in [0.3, 0.4) is 0 Å². The van der Waals surface area contributed by atoms with Crippen LogP contribution in [-0.2, 0) is 0 Å². The Bertz CT molecular complexity index is 304. The molecule has 1 aromatic rings. The Kier molecular flexibility index (Phi) is 3.68. The lowest BCUT2D eigenvalue weighted by atomic mass is 10.2. The van der Waals surface area contributed by atoms with Gasteiger partial charge in [-0.05, 0) is 69.3 Å². The summed E-state index contributed by atoms with van der Waals surface area (Å²) in [7, 11) is 0. The summed E-state index contributed by atoms with van der Waals surface area (Å²) in [6, 6.07) is 2.26. The maximum Gasteiger partial charge on any atom is 0.0843 e. The standard InChI is InChI=1S/C10H13Br2NS/c1-2-13-5-6-3-7(6)9-4-8(11)10(12)14-9/h4,6-7,13H,2-3,5H2,1H3. The van der Waals surface area contributed by atoms with E-state index in [1.54, 1.807) is 0 Å². The molecule has 4 heteroatoms. The minimum Gasteiger partial charge on any atom is -0.317 e. The zero-order valence-corrected chi connectivity index (χ0v) is 12.0. The lowest BCUT2D eigenvalue weighted by Gasteiger charge is -1.98. The van der Waals surface area contributed by atoms with Gasteiger partial charge in [0.05, 0.1) is 3.79 Å². The highest BCUT2D eigenvalue weighted by Crippen LogP contribution is 2.51. The second-order valence-corrected chi connectivity index (χ2v) is 6.94. The van der Waals surface area contributed by atoms with Crippen LogP contribution in [0.15, 0.2) is 14.3 Å². The molecule has 1 aliphatic rings. The van der Waals surface area contributed by atoms with Gasteiger partial charge in [0.2, 0.25) is 0 Å². The van der Waals surface area contributed by atoms with Crippen molar-refractivity contribution in [2.24, 2.45) is 5.92 Å². The molecule has 1 nitrogen and oxygen atoms in total. The number of nitrogens with one attached hydrogen (secondary N) is 1. The highest BCUT2D eigenvalue weighted by Gasteiger charge is 2.38. The Hall–Kier alpha value is 0.620. The second kappa shape index (κ2) is 4.64. The molecule has 1 saturated carbocycles. The molecule has 14 heavy (non-hydrogen) atoms. The van der Waals surface area contributed by atoms with Gasteiger partial charge in [-0.2, -0.15) is 0 Å². The number of hydrogen-bond donors (Lipinski definition) is 1. The summed E-state index contributed by atoms with van der Waals surface area (Å²) in [4.78, 5) is 1.52. The maximum absolute atomic E-state index is 3.54. The van der Waals surface area contributed by atoms with E-state index in [-0.39, 0.29) is 0 Å². The molecule has 2 rings (SSSR count). The molecule has 0 saturated heterocycles. The van der Waals surface area contributed by atoms with Crippen molar-refractivity contribution < 1.29 is 0 Å². The van der Waals surface area contributed by atoms with Gasteiger partial charge in [-0.25, -0.2) is 0 Å². The predicted octanol–water partition coefficient (Wildman–Crippen LogP) is 3.99. The Morgan fingerprint density at radius 3 is 2.93 bits per heavy atom. The van der Waals surface area contributed by atoms with Crippen molar-refractivity contribution in [3.63, 3.8) is 0 Å². The summed E-state index contributed by atoms with van der Waals surface area (Å²) in [5, 5.41) is 3.41. The maximum atomic E-state index is 3.54. The molecule has 0 aromatic carbocycles. The van der Waals surface area contributed by atoms with Gasteiger partial charge in [-0.15, -0.1) is 11.3 Å². The SMILES string of the molecule is CCNCC1CC1c1cc(Br)c(Br)s1. The Balaban J connectivity index is 1.92. The third-order valence-corrected chi connectivity index (χ3v) is 6.00. The zero-order valence-electron chi connectivity index (χ0n) is 8.02. The van der Waals surface area contributed by atoms with Gasteiger partial charge in [-0.3, -0.25) is 0 Å². The van der Waals surface area contributed by atoms with Crippen molar-refractivity contribution in [1.29, 1.82) is 0 Å². The van der Waals surface area contributed by atoms with Crippen LogP contribution in [0.2, 0.25) is 0 Å². The van der Waals surface area contributed by atoms with E-state index < -0.39 is 0 Å². The first-order valence-corrected chi connectivity index (χ1v) is 7.28. The van der Waals surface area contributed by atoms with Gasteiger partial charge < -0.3 is 5.32 Å². The molecule has 78 valence electrons. The molecule has 2 unspecified atom stereocenters. The lowest BCUT2D eigenvalue weighted by Crippen LogP contribution is -2.15. The van der Waals surface area contributed by atoms with Gasteiger partial charge in [0, 0.05) is 9.35 Å². The lowest BCUT2D eigenvalue weighted by molar-refractivity contribution is 0.651. The van der Waals surface area contributed by atoms with E-state index in [1.807, 2.05) is 11.3 Å². The Morgan fingerprint density at radius 1 is 1.57 bits per heavy atom. The molecule has 1 aliphatic carbocycles. The molecule has 0 radical (unpaired) electrons. The van der Waals surface area contributed by atoms with Crippen LogP contribution < -0.4 is 5.32 Å². The number of halogens is 2. The van der Waals surface area contributed by atoms with Gasteiger partial charge >= 0.3 is 0 Å². The summed E-state index contributed by atoms with van der Waals surface area (Å²) in [6.07, 6.45) is 1.35. The van der Waals surface area contributed by atoms with Crippen LogP contribution in [-0.4, -0.2) is 13.1 Å². The van der Waals surface area contributed by atoms with Gasteiger partial charge in [0.1, 0.15) is 0 Å². The van der Waals surface area contributed by atoms with Crippen molar-refractivity contribution in [2.75, 3.05) is 13.1 Å². The minimum absolute atomic E-state index is 0.807. The molecule has 0 spiro atoms. The quantitative estimate of drug-likeness (QED) is 0.875. The third-order valence-electron chi connectivity index (χ3n) is 2.61. The molecular formula is C10H13Br2NS. The minimum atomic E-state index is 0.807. The molecule has 1 aromatic heterocycles. The topological polar surface area (TPSA) is 12.0 Å². The highest BCUT2D eigenvalue weighted by atomic mass is 79.9. The fourth-order valence-electron chi connectivity index (χ4n) is 1.70. The summed E-state index contributed by atoms with van der Waals surface area (Å²) < 4.78 is 2.42. The number of hydrogen-bond acceptors (Lipinski definition) is 2. The van der Waals surface area contributed by atoms with E-state index in [2.05, 4.69) is 50.2 Å². The van der Waals surface area contributed by atoms with Crippen LogP contribution in [0, 0.1) is 5.92 Å². The largest absolute Gasteiger partial charge is 0.317 e. The highest BCUT2D eigenvalue weighted by molar-refractivity contribution is 9.13. The van der Waals surface area contributed by atoms with Crippen molar-refractivity contribution in [1.82, 2.24) is 5.32 Å². The summed E-state index contributed by atoms with van der Waals surface area (Å²) >= 11 is 8.94. The normalized spacial score (nSPS) is 25.4. The van der Waals surface area contributed by atoms with Crippen LogP contribution >= 0.6 is 43.2 Å². The number of rotatable bonds is 4. The van der Waals surface area contributed by atoms with E-state index >= 15 is 0 Å². The zero-order chi connectivity index (χ0) is 10.1. The average molecular weight is 339 g/mol. The van der Waals surface area contributed by atoms with Crippen molar-refractivity contribution in [3.8, 4) is 0 Å². The van der Waals surface area contributed by atoms with Gasteiger partial charge in [-0.1, -0.05) is 6.92 Å². The fourth-order valence-corrected chi connectivity index (χ4v) is 3.99. The fraction of sp³-hybridized carbons (Fsp3) is 0.600. The molecular weight excluding hydrogens is 326 g/mol. The van der Waals surface area contributed by atoms with E-state index in [4.69, 9.17) is 0 Å². The van der Waals surface area contributed by atoms with Crippen LogP contribution in [0.25, 0.3) is 0 Å². The summed E-state index contributed by atoms with van der Waals surface area (Å²) in [6.45, 7) is 4.42.